The average Bonchev–Trinajstić information content (AvgIpc) is 3.36. The second-order valence-corrected chi connectivity index (χ2v) is 26.0. The van der Waals surface area contributed by atoms with E-state index in [4.69, 9.17) is 9.05 Å². The summed E-state index contributed by atoms with van der Waals surface area (Å²) in [7, 11) is 1.33. The number of aliphatic hydroxyl groups excluding tert-OH is 1. The molecule has 0 aromatic carbocycles. The third-order valence-corrected chi connectivity index (χ3v) is 16.8. The lowest BCUT2D eigenvalue weighted by molar-refractivity contribution is -0.870. The number of hydrogen-bond acceptors (Lipinski definition) is 6. The van der Waals surface area contributed by atoms with Crippen LogP contribution in [0.2, 0.25) is 0 Å². The molecule has 74 heavy (non-hydrogen) atoms. The minimum atomic E-state index is -4.57. The van der Waals surface area contributed by atoms with Gasteiger partial charge in [0.1, 0.15) is 13.2 Å². The Bertz CT molecular complexity index is 1170. The van der Waals surface area contributed by atoms with Gasteiger partial charge in [0.2, 0.25) is 5.91 Å². The molecule has 0 spiro atoms. The highest BCUT2D eigenvalue weighted by Gasteiger charge is 2.24. The van der Waals surface area contributed by atoms with Gasteiger partial charge >= 0.3 is 0 Å². The first-order valence-electron chi connectivity index (χ1n) is 33.4. The van der Waals surface area contributed by atoms with Gasteiger partial charge in [-0.15, -0.1) is 0 Å². The molecule has 2 N–H and O–H groups in total. The third kappa shape index (κ3) is 59.2. The standard InChI is InChI=1S/C65H133N2O6P/c1-6-8-10-12-14-16-18-20-22-24-26-28-30-32-34-36-38-40-42-44-46-48-50-52-54-56-58-64(68)63(62-73-74(70,71)72-61-60-67(3,4)5)66-65(69)59-57-55-53-51-49-47-45-43-41-39-37-35-33-31-29-27-25-23-21-19-17-15-13-11-9-7-2/h63-64,68H,6-62H2,1-5H3,(H-,66,69,70,71). The van der Waals surface area contributed by atoms with E-state index in [1.807, 2.05) is 21.1 Å². The number of phosphoric acid groups is 1. The van der Waals surface area contributed by atoms with Crippen LogP contribution < -0.4 is 10.2 Å². The fraction of sp³-hybridized carbons (Fsp3) is 0.985. The van der Waals surface area contributed by atoms with Gasteiger partial charge in [-0.1, -0.05) is 341 Å². The van der Waals surface area contributed by atoms with Crippen molar-refractivity contribution < 1.29 is 32.9 Å². The molecule has 0 aliphatic rings. The fourth-order valence-electron chi connectivity index (χ4n) is 10.6. The summed E-state index contributed by atoms with van der Waals surface area (Å²) in [5.74, 6) is -0.154. The van der Waals surface area contributed by atoms with Crippen molar-refractivity contribution in [2.75, 3.05) is 40.9 Å². The molecule has 0 rings (SSSR count). The number of nitrogens with zero attached hydrogens (tertiary/aromatic N) is 1. The lowest BCUT2D eigenvalue weighted by atomic mass is 10.0. The van der Waals surface area contributed by atoms with Gasteiger partial charge in [0, 0.05) is 6.42 Å². The Balaban J connectivity index is 4.02. The summed E-state index contributed by atoms with van der Waals surface area (Å²) in [5, 5.41) is 14.1. The zero-order valence-corrected chi connectivity index (χ0v) is 51.7. The second kappa shape index (κ2) is 57.2. The van der Waals surface area contributed by atoms with E-state index < -0.39 is 20.0 Å². The van der Waals surface area contributed by atoms with Crippen LogP contribution in [-0.4, -0.2) is 68.5 Å². The molecular formula is C65H133N2O6P. The number of quaternary nitrogens is 1. The minimum absolute atomic E-state index is 0.0169. The van der Waals surface area contributed by atoms with E-state index in [1.165, 1.54) is 295 Å². The van der Waals surface area contributed by atoms with Crippen molar-refractivity contribution in [1.82, 2.24) is 5.32 Å². The molecule has 0 bridgehead atoms. The molecule has 0 fully saturated rings. The monoisotopic (exact) mass is 1070 g/mol. The van der Waals surface area contributed by atoms with Crippen LogP contribution >= 0.6 is 7.82 Å². The quantitative estimate of drug-likeness (QED) is 0.0357. The maximum atomic E-state index is 13.0. The number of carbonyl (C=O) groups excluding carboxylic acids is 1. The highest BCUT2D eigenvalue weighted by molar-refractivity contribution is 7.45. The SMILES string of the molecule is CCCCCCCCCCCCCCCCCCCCCCCCCCCCC(=O)NC(COP(=O)([O-])OCC[N+](C)(C)C)C(O)CCCCCCCCCCCCCCCCCCCCCCCCCCCC. The van der Waals surface area contributed by atoms with Crippen LogP contribution in [0.25, 0.3) is 0 Å². The summed E-state index contributed by atoms with van der Waals surface area (Å²) in [6.07, 6.45) is 70.2. The number of unbranched alkanes of at least 4 members (excludes halogenated alkanes) is 50. The third-order valence-electron chi connectivity index (χ3n) is 15.8. The van der Waals surface area contributed by atoms with Crippen LogP contribution in [0.3, 0.4) is 0 Å². The molecule has 3 atom stereocenters. The number of hydrogen-bond donors (Lipinski definition) is 2. The molecule has 8 nitrogen and oxygen atoms in total. The summed E-state index contributed by atoms with van der Waals surface area (Å²) in [6, 6.07) is -0.796. The molecule has 0 aromatic rings. The Morgan fingerprint density at radius 2 is 0.662 bits per heavy atom. The Labute approximate surface area is 463 Å². The summed E-state index contributed by atoms with van der Waals surface area (Å²) in [5.41, 5.74) is 0. The van der Waals surface area contributed by atoms with Gasteiger partial charge in [-0.3, -0.25) is 9.36 Å². The lowest BCUT2D eigenvalue weighted by Gasteiger charge is -2.30. The second-order valence-electron chi connectivity index (χ2n) is 24.5. The first-order chi connectivity index (χ1) is 36.0. The molecule has 9 heteroatoms. The molecule has 0 radical (unpaired) electrons. The summed E-state index contributed by atoms with van der Waals surface area (Å²) in [4.78, 5) is 25.6. The minimum Gasteiger partial charge on any atom is -0.756 e. The van der Waals surface area contributed by atoms with Crippen molar-refractivity contribution in [2.24, 2.45) is 0 Å². The molecule has 0 aromatic heterocycles. The fourth-order valence-corrected chi connectivity index (χ4v) is 11.4. The van der Waals surface area contributed by atoms with Gasteiger partial charge in [-0.2, -0.15) is 0 Å². The normalized spacial score (nSPS) is 13.7. The molecule has 0 aliphatic heterocycles. The Hall–Kier alpha value is -0.500. The molecule has 1 amide bonds. The van der Waals surface area contributed by atoms with Gasteiger partial charge in [-0.25, -0.2) is 0 Å². The molecule has 0 saturated carbocycles. The zero-order chi connectivity index (χ0) is 54.2. The maximum Gasteiger partial charge on any atom is 0.268 e. The summed E-state index contributed by atoms with van der Waals surface area (Å²) in [6.45, 7) is 4.80. The first-order valence-corrected chi connectivity index (χ1v) is 34.8. The number of amides is 1. The van der Waals surface area contributed by atoms with Crippen LogP contribution in [0.5, 0.6) is 0 Å². The first kappa shape index (κ1) is 73.5. The van der Waals surface area contributed by atoms with E-state index in [1.54, 1.807) is 0 Å². The van der Waals surface area contributed by atoms with E-state index in [9.17, 15) is 19.4 Å². The van der Waals surface area contributed by atoms with Gasteiger partial charge in [0.25, 0.3) is 7.82 Å². The Kier molecular flexibility index (Phi) is 56.8. The number of aliphatic hydroxyl groups is 1. The largest absolute Gasteiger partial charge is 0.756 e. The molecule has 0 saturated heterocycles. The van der Waals surface area contributed by atoms with E-state index in [0.29, 0.717) is 23.9 Å². The van der Waals surface area contributed by atoms with Crippen LogP contribution in [0.15, 0.2) is 0 Å². The van der Waals surface area contributed by atoms with Crippen molar-refractivity contribution in [3.05, 3.63) is 0 Å². The Morgan fingerprint density at radius 1 is 0.419 bits per heavy atom. The lowest BCUT2D eigenvalue weighted by Crippen LogP contribution is -2.46. The summed E-state index contributed by atoms with van der Waals surface area (Å²) < 4.78 is 23.5. The molecule has 3 unspecified atom stereocenters. The highest BCUT2D eigenvalue weighted by atomic mass is 31.2. The van der Waals surface area contributed by atoms with E-state index >= 15 is 0 Å². The molecule has 0 heterocycles. The topological polar surface area (TPSA) is 108 Å². The van der Waals surface area contributed by atoms with E-state index in [-0.39, 0.29) is 19.1 Å². The molecular weight excluding hydrogens is 936 g/mol. The van der Waals surface area contributed by atoms with Crippen molar-refractivity contribution in [3.8, 4) is 0 Å². The number of phosphoric ester groups is 1. The predicted octanol–water partition coefficient (Wildman–Crippen LogP) is 20.1. The van der Waals surface area contributed by atoms with Crippen molar-refractivity contribution >= 4 is 13.7 Å². The van der Waals surface area contributed by atoms with Crippen molar-refractivity contribution in [3.63, 3.8) is 0 Å². The summed E-state index contributed by atoms with van der Waals surface area (Å²) >= 11 is 0. The smallest absolute Gasteiger partial charge is 0.268 e. The number of likely N-dealkylation sites (N-methyl/N-ethyl adjacent to an activating group) is 1. The van der Waals surface area contributed by atoms with Gasteiger partial charge in [0.05, 0.1) is 39.9 Å². The predicted molar refractivity (Wildman–Crippen MR) is 321 cm³/mol. The van der Waals surface area contributed by atoms with E-state index in [2.05, 4.69) is 19.2 Å². The van der Waals surface area contributed by atoms with Crippen molar-refractivity contribution in [1.29, 1.82) is 0 Å². The van der Waals surface area contributed by atoms with Crippen molar-refractivity contribution in [2.45, 2.75) is 373 Å². The van der Waals surface area contributed by atoms with Crippen LogP contribution in [0, 0.1) is 0 Å². The molecule has 444 valence electrons. The number of carbonyl (C=O) groups is 1. The van der Waals surface area contributed by atoms with Crippen LogP contribution in [0.1, 0.15) is 361 Å². The average molecular weight is 1070 g/mol. The van der Waals surface area contributed by atoms with Crippen LogP contribution in [0.4, 0.5) is 0 Å². The van der Waals surface area contributed by atoms with Gasteiger partial charge < -0.3 is 28.8 Å². The molecule has 0 aliphatic carbocycles. The Morgan fingerprint density at radius 3 is 0.919 bits per heavy atom. The van der Waals surface area contributed by atoms with Crippen LogP contribution in [-0.2, 0) is 18.4 Å². The maximum absolute atomic E-state index is 13.0. The number of rotatable bonds is 63. The van der Waals surface area contributed by atoms with E-state index in [0.717, 1.165) is 38.5 Å². The van der Waals surface area contributed by atoms with Gasteiger partial charge in [-0.05, 0) is 12.8 Å². The highest BCUT2D eigenvalue weighted by Crippen LogP contribution is 2.38. The number of nitrogens with one attached hydrogen (secondary N) is 1. The van der Waals surface area contributed by atoms with Gasteiger partial charge in [0.15, 0.2) is 0 Å². The zero-order valence-electron chi connectivity index (χ0n) is 50.8.